The molecule has 0 bridgehead atoms. The highest BCUT2D eigenvalue weighted by molar-refractivity contribution is 6.04. The van der Waals surface area contributed by atoms with Gasteiger partial charge in [-0.05, 0) is 29.8 Å². The maximum Gasteiger partial charge on any atom is 0.336 e. The normalized spacial score (nSPS) is 10.6. The van der Waals surface area contributed by atoms with Gasteiger partial charge < -0.3 is 20.4 Å². The van der Waals surface area contributed by atoms with Crippen LogP contribution in [0.1, 0.15) is 52.6 Å². The van der Waals surface area contributed by atoms with Gasteiger partial charge in [0.2, 0.25) is 0 Å². The zero-order chi connectivity index (χ0) is 19.4. The smallest absolute Gasteiger partial charge is 0.336 e. The van der Waals surface area contributed by atoms with Gasteiger partial charge >= 0.3 is 23.9 Å². The van der Waals surface area contributed by atoms with Crippen LogP contribution in [0.15, 0.2) is 36.4 Å². The average molecular weight is 356 g/mol. The summed E-state index contributed by atoms with van der Waals surface area (Å²) in [6.07, 6.45) is 2.54. The van der Waals surface area contributed by atoms with Crippen LogP contribution in [0, 0.1) is 0 Å². The van der Waals surface area contributed by atoms with Crippen LogP contribution in [-0.4, -0.2) is 44.3 Å². The van der Waals surface area contributed by atoms with Crippen molar-refractivity contribution in [2.24, 2.45) is 0 Å². The fourth-order valence-electron chi connectivity index (χ4n) is 2.27. The van der Waals surface area contributed by atoms with Gasteiger partial charge in [0.05, 0.1) is 22.3 Å². The molecule has 0 aliphatic carbocycles. The van der Waals surface area contributed by atoms with E-state index in [1.165, 1.54) is 30.4 Å². The highest BCUT2D eigenvalue weighted by atomic mass is 16.4. The Kier molecular flexibility index (Phi) is 5.17. The summed E-state index contributed by atoms with van der Waals surface area (Å²) >= 11 is 0. The van der Waals surface area contributed by atoms with Crippen LogP contribution < -0.4 is 0 Å². The zero-order valence-corrected chi connectivity index (χ0v) is 13.0. The van der Waals surface area contributed by atoms with Gasteiger partial charge in [0.15, 0.2) is 0 Å². The number of rotatable bonds is 6. The molecule has 0 unspecified atom stereocenters. The quantitative estimate of drug-likeness (QED) is 0.577. The first kappa shape index (κ1) is 18.4. The largest absolute Gasteiger partial charge is 0.478 e. The minimum absolute atomic E-state index is 0.00490. The molecular weight excluding hydrogens is 344 g/mol. The number of hydrogen-bond acceptors (Lipinski definition) is 4. The van der Waals surface area contributed by atoms with Crippen molar-refractivity contribution in [3.63, 3.8) is 0 Å². The van der Waals surface area contributed by atoms with Gasteiger partial charge in [-0.2, -0.15) is 0 Å². The second-order valence-electron chi connectivity index (χ2n) is 5.16. The molecule has 0 radical (unpaired) electrons. The molecule has 4 N–H and O–H groups in total. The molecule has 0 atom stereocenters. The molecule has 0 aliphatic rings. The Bertz CT molecular complexity index is 920. The van der Waals surface area contributed by atoms with Gasteiger partial charge in [0, 0.05) is 5.56 Å². The lowest BCUT2D eigenvalue weighted by Gasteiger charge is -2.08. The maximum absolute atomic E-state index is 11.4. The fraction of sp³-hybridized carbons (Fsp3) is 0. The fourth-order valence-corrected chi connectivity index (χ4v) is 2.27. The molecular formula is C18H12O8. The zero-order valence-electron chi connectivity index (χ0n) is 13.0. The van der Waals surface area contributed by atoms with Crippen molar-refractivity contribution >= 4 is 36.0 Å². The molecule has 0 saturated heterocycles. The number of benzene rings is 2. The van der Waals surface area contributed by atoms with Crippen LogP contribution in [0.25, 0.3) is 12.2 Å². The molecule has 0 heterocycles. The van der Waals surface area contributed by atoms with Gasteiger partial charge in [0.1, 0.15) is 0 Å². The Morgan fingerprint density at radius 2 is 1.19 bits per heavy atom. The van der Waals surface area contributed by atoms with Crippen molar-refractivity contribution in [1.82, 2.24) is 0 Å². The summed E-state index contributed by atoms with van der Waals surface area (Å²) in [5.74, 6) is -5.59. The lowest BCUT2D eigenvalue weighted by Crippen LogP contribution is -2.11. The third-order valence-corrected chi connectivity index (χ3v) is 3.46. The van der Waals surface area contributed by atoms with E-state index < -0.39 is 40.6 Å². The number of hydrogen-bond donors (Lipinski definition) is 4. The van der Waals surface area contributed by atoms with Crippen LogP contribution in [-0.2, 0) is 0 Å². The summed E-state index contributed by atoms with van der Waals surface area (Å²) in [7, 11) is 0. The molecule has 132 valence electrons. The third kappa shape index (κ3) is 3.93. The topological polar surface area (TPSA) is 149 Å². The van der Waals surface area contributed by atoms with E-state index in [1.54, 1.807) is 6.07 Å². The Morgan fingerprint density at radius 1 is 0.654 bits per heavy atom. The van der Waals surface area contributed by atoms with E-state index in [0.717, 1.165) is 12.1 Å². The van der Waals surface area contributed by atoms with E-state index >= 15 is 0 Å². The van der Waals surface area contributed by atoms with E-state index in [4.69, 9.17) is 10.2 Å². The van der Waals surface area contributed by atoms with Crippen LogP contribution in [0.2, 0.25) is 0 Å². The average Bonchev–Trinajstić information content (AvgIpc) is 2.59. The lowest BCUT2D eigenvalue weighted by molar-refractivity contribution is 0.0679. The van der Waals surface area contributed by atoms with Gasteiger partial charge in [-0.15, -0.1) is 0 Å². The van der Waals surface area contributed by atoms with Gasteiger partial charge in [0.25, 0.3) is 0 Å². The summed E-state index contributed by atoms with van der Waals surface area (Å²) in [6.45, 7) is 0. The van der Waals surface area contributed by atoms with Crippen LogP contribution in [0.3, 0.4) is 0 Å². The second-order valence-corrected chi connectivity index (χ2v) is 5.16. The third-order valence-electron chi connectivity index (χ3n) is 3.46. The summed E-state index contributed by atoms with van der Waals surface area (Å²) in [4.78, 5) is 44.9. The molecule has 0 saturated carbocycles. The van der Waals surface area contributed by atoms with E-state index in [2.05, 4.69) is 0 Å². The second kappa shape index (κ2) is 7.31. The number of aromatic carboxylic acids is 4. The lowest BCUT2D eigenvalue weighted by atomic mass is 9.96. The van der Waals surface area contributed by atoms with E-state index in [-0.39, 0.29) is 11.1 Å². The number of carboxylic acids is 4. The van der Waals surface area contributed by atoms with E-state index in [9.17, 15) is 29.4 Å². The standard InChI is InChI=1S/C18H12O8/c19-15(20)10-3-1-2-9(6-10)4-5-12-13(17(23)24)7-11(16(21)22)8-14(12)18(25)26/h1-8H,(H,19,20)(H,21,22)(H,23,24)(H,25,26)/b5-4+. The molecule has 2 aromatic carbocycles. The molecule has 26 heavy (non-hydrogen) atoms. The molecule has 8 nitrogen and oxygen atoms in total. The molecule has 0 fully saturated rings. The molecule has 8 heteroatoms. The highest BCUT2D eigenvalue weighted by Gasteiger charge is 2.20. The Labute approximate surface area is 146 Å². The van der Waals surface area contributed by atoms with E-state index in [0.29, 0.717) is 5.56 Å². The minimum Gasteiger partial charge on any atom is -0.478 e. The Hall–Kier alpha value is -3.94. The molecule has 2 aromatic rings. The Balaban J connectivity index is 2.62. The first-order chi connectivity index (χ1) is 12.2. The summed E-state index contributed by atoms with van der Waals surface area (Å²) in [6, 6.07) is 7.45. The predicted octanol–water partition coefficient (Wildman–Crippen LogP) is 2.65. The van der Waals surface area contributed by atoms with Gasteiger partial charge in [-0.25, -0.2) is 19.2 Å². The van der Waals surface area contributed by atoms with Crippen molar-refractivity contribution in [2.45, 2.75) is 0 Å². The number of carbonyl (C=O) groups is 4. The Morgan fingerprint density at radius 3 is 1.65 bits per heavy atom. The molecule has 2 rings (SSSR count). The SMILES string of the molecule is O=C(O)c1cccc(/C=C/c2c(C(=O)O)cc(C(=O)O)cc2C(=O)O)c1. The molecule has 0 amide bonds. The predicted molar refractivity (Wildman–Crippen MR) is 89.6 cm³/mol. The van der Waals surface area contributed by atoms with Crippen LogP contribution >= 0.6 is 0 Å². The summed E-state index contributed by atoms with van der Waals surface area (Å²) in [5, 5.41) is 36.6. The molecule has 0 aromatic heterocycles. The van der Waals surface area contributed by atoms with Crippen molar-refractivity contribution in [3.05, 3.63) is 69.8 Å². The maximum atomic E-state index is 11.4. The van der Waals surface area contributed by atoms with E-state index in [1.807, 2.05) is 0 Å². The first-order valence-electron chi connectivity index (χ1n) is 7.10. The monoisotopic (exact) mass is 356 g/mol. The van der Waals surface area contributed by atoms with Crippen LogP contribution in [0.5, 0.6) is 0 Å². The van der Waals surface area contributed by atoms with Gasteiger partial charge in [-0.1, -0.05) is 24.3 Å². The first-order valence-corrected chi connectivity index (χ1v) is 7.10. The van der Waals surface area contributed by atoms with Crippen LogP contribution in [0.4, 0.5) is 0 Å². The van der Waals surface area contributed by atoms with Crippen molar-refractivity contribution < 1.29 is 39.6 Å². The van der Waals surface area contributed by atoms with Gasteiger partial charge in [-0.3, -0.25) is 0 Å². The van der Waals surface area contributed by atoms with Crippen molar-refractivity contribution in [2.75, 3.05) is 0 Å². The summed E-state index contributed by atoms with van der Waals surface area (Å²) < 4.78 is 0. The summed E-state index contributed by atoms with van der Waals surface area (Å²) in [5.41, 5.74) is -1.24. The minimum atomic E-state index is -1.49. The highest BCUT2D eigenvalue weighted by Crippen LogP contribution is 2.22. The van der Waals surface area contributed by atoms with Crippen molar-refractivity contribution in [3.8, 4) is 0 Å². The van der Waals surface area contributed by atoms with Crippen molar-refractivity contribution in [1.29, 1.82) is 0 Å². The molecule has 0 spiro atoms. The number of carboxylic acid groups (broad SMARTS) is 4. The molecule has 0 aliphatic heterocycles.